The normalized spacial score (nSPS) is 14.2. The van der Waals surface area contributed by atoms with Gasteiger partial charge in [-0.2, -0.15) is 5.26 Å². The van der Waals surface area contributed by atoms with Crippen LogP contribution < -0.4 is 5.32 Å². The van der Waals surface area contributed by atoms with E-state index in [4.69, 9.17) is 9.72 Å². The van der Waals surface area contributed by atoms with Crippen molar-refractivity contribution in [3.8, 4) is 16.5 Å². The van der Waals surface area contributed by atoms with Crippen LogP contribution in [0.2, 0.25) is 0 Å². The van der Waals surface area contributed by atoms with Gasteiger partial charge in [0.1, 0.15) is 11.1 Å². The van der Waals surface area contributed by atoms with Gasteiger partial charge in [-0.1, -0.05) is 49.4 Å². The number of hydrogen-bond acceptors (Lipinski definition) is 7. The summed E-state index contributed by atoms with van der Waals surface area (Å²) >= 11 is 1.40. The zero-order valence-electron chi connectivity index (χ0n) is 21.0. The summed E-state index contributed by atoms with van der Waals surface area (Å²) in [5.74, 6) is -1.00. The number of nitriles is 1. The standard InChI is InChI=1S/C30H26N4O3S/c1-2-34-14-13-25-23(16-34)27(21-9-5-6-10-24(21)32-25)30(36)37-17-26(35)33-29-22(15-31)20-12-11-18-7-3-4-8-19(18)28(20)38-29/h3-10H,2,11-14,16-17H2,1H3,(H,33,35). The van der Waals surface area contributed by atoms with E-state index >= 15 is 0 Å². The second-order valence-corrected chi connectivity index (χ2v) is 10.6. The maximum atomic E-state index is 13.4. The highest BCUT2D eigenvalue weighted by atomic mass is 32.1. The molecule has 1 amide bonds. The number of aryl methyl sites for hydroxylation is 1. The van der Waals surface area contributed by atoms with Gasteiger partial charge in [0.05, 0.1) is 16.6 Å². The van der Waals surface area contributed by atoms with Crippen LogP contribution in [0.4, 0.5) is 5.00 Å². The quantitative estimate of drug-likeness (QED) is 0.366. The number of fused-ring (bicyclic) bond motifs is 5. The molecule has 1 aliphatic carbocycles. The number of nitrogens with one attached hydrogen (secondary N) is 1. The molecule has 0 atom stereocenters. The first-order valence-electron chi connectivity index (χ1n) is 12.8. The number of amides is 1. The molecule has 0 radical (unpaired) electrons. The summed E-state index contributed by atoms with van der Waals surface area (Å²) in [5.41, 5.74) is 6.83. The first-order valence-corrected chi connectivity index (χ1v) is 13.6. The number of esters is 1. The van der Waals surface area contributed by atoms with E-state index < -0.39 is 18.5 Å². The Morgan fingerprint density at radius 1 is 1.11 bits per heavy atom. The summed E-state index contributed by atoms with van der Waals surface area (Å²) in [7, 11) is 0. The maximum Gasteiger partial charge on any atom is 0.339 e. The van der Waals surface area contributed by atoms with Gasteiger partial charge >= 0.3 is 5.97 Å². The number of likely N-dealkylation sites (N-methyl/N-ethyl adjacent to an activating group) is 1. The Morgan fingerprint density at radius 3 is 2.76 bits per heavy atom. The van der Waals surface area contributed by atoms with Crippen molar-refractivity contribution in [1.82, 2.24) is 9.88 Å². The molecule has 4 aromatic rings. The summed E-state index contributed by atoms with van der Waals surface area (Å²) in [4.78, 5) is 34.4. The van der Waals surface area contributed by atoms with Crippen LogP contribution in [0.3, 0.4) is 0 Å². The number of carbonyl (C=O) groups excluding carboxylic acids is 2. The van der Waals surface area contributed by atoms with Crippen molar-refractivity contribution in [3.63, 3.8) is 0 Å². The third-order valence-electron chi connectivity index (χ3n) is 7.39. The Kier molecular flexibility index (Phi) is 6.40. The number of thiophene rings is 1. The molecule has 2 aliphatic rings. The van der Waals surface area contributed by atoms with Gasteiger partial charge in [-0.05, 0) is 42.1 Å². The average Bonchev–Trinajstić information content (AvgIpc) is 3.31. The molecule has 8 heteroatoms. The topological polar surface area (TPSA) is 95.3 Å². The minimum atomic E-state index is -0.534. The van der Waals surface area contributed by atoms with Gasteiger partial charge in [-0.3, -0.25) is 14.7 Å². The molecule has 1 N–H and O–H groups in total. The molecule has 0 bridgehead atoms. The van der Waals surface area contributed by atoms with E-state index in [1.165, 1.54) is 16.9 Å². The van der Waals surface area contributed by atoms with E-state index in [9.17, 15) is 14.9 Å². The van der Waals surface area contributed by atoms with Crippen LogP contribution in [0, 0.1) is 11.3 Å². The average molecular weight is 523 g/mol. The molecule has 3 heterocycles. The van der Waals surface area contributed by atoms with Gasteiger partial charge in [0.25, 0.3) is 5.91 Å². The van der Waals surface area contributed by atoms with E-state index in [-0.39, 0.29) is 0 Å². The molecule has 2 aromatic carbocycles. The first kappa shape index (κ1) is 24.3. The van der Waals surface area contributed by atoms with Gasteiger partial charge in [0, 0.05) is 41.0 Å². The minimum Gasteiger partial charge on any atom is -0.452 e. The first-order chi connectivity index (χ1) is 18.6. The summed E-state index contributed by atoms with van der Waals surface area (Å²) in [5, 5.41) is 13.9. The zero-order valence-corrected chi connectivity index (χ0v) is 21.9. The van der Waals surface area contributed by atoms with Gasteiger partial charge in [-0.25, -0.2) is 4.79 Å². The van der Waals surface area contributed by atoms with Crippen LogP contribution in [0.25, 0.3) is 21.3 Å². The van der Waals surface area contributed by atoms with Crippen LogP contribution in [-0.2, 0) is 35.3 Å². The van der Waals surface area contributed by atoms with Crippen LogP contribution in [0.5, 0.6) is 0 Å². The van der Waals surface area contributed by atoms with Crippen molar-refractivity contribution in [2.24, 2.45) is 0 Å². The number of benzene rings is 2. The Balaban J connectivity index is 1.24. The highest BCUT2D eigenvalue weighted by Gasteiger charge is 2.28. The molecule has 0 saturated heterocycles. The molecular weight excluding hydrogens is 496 g/mol. The van der Waals surface area contributed by atoms with E-state index in [2.05, 4.69) is 35.3 Å². The highest BCUT2D eigenvalue weighted by Crippen LogP contribution is 2.44. The van der Waals surface area contributed by atoms with Gasteiger partial charge in [0.2, 0.25) is 0 Å². The summed E-state index contributed by atoms with van der Waals surface area (Å²) < 4.78 is 5.56. The number of para-hydroxylation sites is 1. The SMILES string of the molecule is CCN1CCc2nc3ccccc3c(C(=O)OCC(=O)Nc3sc4c(c3C#N)CCc3ccccc3-4)c2C1. The summed E-state index contributed by atoms with van der Waals surface area (Å²) in [6.45, 7) is 4.04. The van der Waals surface area contributed by atoms with Crippen molar-refractivity contribution >= 4 is 39.1 Å². The molecule has 38 heavy (non-hydrogen) atoms. The summed E-state index contributed by atoms with van der Waals surface area (Å²) in [6, 6.07) is 18.0. The Morgan fingerprint density at radius 2 is 1.92 bits per heavy atom. The molecule has 0 spiro atoms. The molecule has 0 fully saturated rings. The Hall–Kier alpha value is -4.06. The van der Waals surface area contributed by atoms with Crippen LogP contribution in [0.1, 0.15) is 45.2 Å². The lowest BCUT2D eigenvalue weighted by molar-refractivity contribution is -0.119. The van der Waals surface area contributed by atoms with Crippen molar-refractivity contribution < 1.29 is 14.3 Å². The van der Waals surface area contributed by atoms with Crippen molar-refractivity contribution in [2.45, 2.75) is 32.7 Å². The number of ether oxygens (including phenoxy) is 1. The number of aromatic nitrogens is 1. The van der Waals surface area contributed by atoms with E-state index in [0.29, 0.717) is 22.7 Å². The second-order valence-electron chi connectivity index (χ2n) is 9.56. The van der Waals surface area contributed by atoms with Crippen LogP contribution in [0.15, 0.2) is 48.5 Å². The third kappa shape index (κ3) is 4.24. The molecule has 0 saturated carbocycles. The van der Waals surface area contributed by atoms with Gasteiger partial charge in [-0.15, -0.1) is 11.3 Å². The molecule has 1 aliphatic heterocycles. The van der Waals surface area contributed by atoms with E-state index in [1.807, 2.05) is 36.4 Å². The smallest absolute Gasteiger partial charge is 0.339 e. The number of anilines is 1. The Bertz CT molecular complexity index is 1630. The molecule has 2 aromatic heterocycles. The largest absolute Gasteiger partial charge is 0.452 e. The lowest BCUT2D eigenvalue weighted by Crippen LogP contribution is -2.32. The van der Waals surface area contributed by atoms with Crippen molar-refractivity contribution in [2.75, 3.05) is 25.0 Å². The predicted octanol–water partition coefficient (Wildman–Crippen LogP) is 5.11. The van der Waals surface area contributed by atoms with Crippen molar-refractivity contribution in [1.29, 1.82) is 5.26 Å². The second kappa shape index (κ2) is 10.0. The fourth-order valence-electron chi connectivity index (χ4n) is 5.46. The van der Waals surface area contributed by atoms with Gasteiger partial charge < -0.3 is 10.1 Å². The fraction of sp³-hybridized carbons (Fsp3) is 0.267. The summed E-state index contributed by atoms with van der Waals surface area (Å²) in [6.07, 6.45) is 2.38. The third-order valence-corrected chi connectivity index (χ3v) is 8.57. The number of hydrogen-bond donors (Lipinski definition) is 1. The molecular formula is C30H26N4O3S. The van der Waals surface area contributed by atoms with Crippen molar-refractivity contribution in [3.05, 3.63) is 82.0 Å². The van der Waals surface area contributed by atoms with E-state index in [0.717, 1.165) is 70.5 Å². The number of pyridine rings is 1. The van der Waals surface area contributed by atoms with E-state index in [1.54, 1.807) is 0 Å². The maximum absolute atomic E-state index is 13.4. The van der Waals surface area contributed by atoms with Gasteiger partial charge in [0.15, 0.2) is 6.61 Å². The minimum absolute atomic E-state index is 0.439. The predicted molar refractivity (Wildman–Crippen MR) is 147 cm³/mol. The lowest BCUT2D eigenvalue weighted by Gasteiger charge is -2.28. The molecule has 190 valence electrons. The zero-order chi connectivity index (χ0) is 26.2. The lowest BCUT2D eigenvalue weighted by atomic mass is 9.90. The fourth-order valence-corrected chi connectivity index (χ4v) is 6.74. The molecule has 0 unspecified atom stereocenters. The number of carbonyl (C=O) groups is 2. The highest BCUT2D eigenvalue weighted by molar-refractivity contribution is 7.20. The molecule has 6 rings (SSSR count). The van der Waals surface area contributed by atoms with Crippen LogP contribution in [-0.4, -0.2) is 41.5 Å². The monoisotopic (exact) mass is 522 g/mol. The van der Waals surface area contributed by atoms with Crippen LogP contribution >= 0.6 is 11.3 Å². The number of rotatable bonds is 5. The number of nitrogens with zero attached hydrogens (tertiary/aromatic N) is 3. The molecule has 7 nitrogen and oxygen atoms in total. The Labute approximate surface area is 224 Å².